The second-order valence-electron chi connectivity index (χ2n) is 4.88. The summed E-state index contributed by atoms with van der Waals surface area (Å²) in [6, 6.07) is 14.0. The highest BCUT2D eigenvalue weighted by Gasteiger charge is 2.10. The Bertz CT molecular complexity index is 762. The van der Waals surface area contributed by atoms with Crippen LogP contribution in [0.4, 0.5) is 0 Å². The number of fused-ring (bicyclic) bond motifs is 1. The van der Waals surface area contributed by atoms with Gasteiger partial charge in [0.1, 0.15) is 5.82 Å². The van der Waals surface area contributed by atoms with Gasteiger partial charge in [-0.1, -0.05) is 35.9 Å². The number of nitrogens with zero attached hydrogens (tertiary/aromatic N) is 2. The van der Waals surface area contributed by atoms with Gasteiger partial charge < -0.3 is 10.3 Å². The molecular weight excluding hydrogens is 270 g/mol. The molecule has 3 nitrogen and oxygen atoms in total. The van der Waals surface area contributed by atoms with Crippen molar-refractivity contribution in [2.75, 3.05) is 0 Å². The highest BCUT2D eigenvalue weighted by Crippen LogP contribution is 2.22. The molecule has 0 aliphatic rings. The molecule has 0 spiro atoms. The summed E-state index contributed by atoms with van der Waals surface area (Å²) in [5.74, 6) is 1.00. The molecule has 0 bridgehead atoms. The van der Waals surface area contributed by atoms with E-state index in [-0.39, 0.29) is 0 Å². The van der Waals surface area contributed by atoms with Crippen molar-refractivity contribution in [3.63, 3.8) is 0 Å². The lowest BCUT2D eigenvalue weighted by molar-refractivity contribution is 0.844. The van der Waals surface area contributed by atoms with Crippen LogP contribution >= 0.6 is 11.6 Å². The van der Waals surface area contributed by atoms with Crippen LogP contribution < -0.4 is 5.73 Å². The van der Waals surface area contributed by atoms with Crippen LogP contribution in [0.25, 0.3) is 11.0 Å². The van der Waals surface area contributed by atoms with Crippen molar-refractivity contribution in [2.24, 2.45) is 12.8 Å². The summed E-state index contributed by atoms with van der Waals surface area (Å²) in [6.07, 6.45) is 0.725. The van der Waals surface area contributed by atoms with Crippen LogP contribution in [-0.4, -0.2) is 9.55 Å². The predicted molar refractivity (Wildman–Crippen MR) is 82.9 cm³/mol. The van der Waals surface area contributed by atoms with Crippen molar-refractivity contribution in [3.8, 4) is 0 Å². The van der Waals surface area contributed by atoms with Crippen LogP contribution in [0.2, 0.25) is 5.02 Å². The molecule has 102 valence electrons. The molecule has 0 amide bonds. The van der Waals surface area contributed by atoms with Crippen LogP contribution in [0.1, 0.15) is 17.0 Å². The molecule has 0 fully saturated rings. The Balaban J connectivity index is 2.04. The molecule has 0 unspecified atom stereocenters. The zero-order valence-corrected chi connectivity index (χ0v) is 12.1. The molecule has 0 aliphatic carbocycles. The molecule has 3 aromatic rings. The first-order valence-electron chi connectivity index (χ1n) is 6.56. The summed E-state index contributed by atoms with van der Waals surface area (Å²) in [7, 11) is 2.03. The number of rotatable bonds is 3. The van der Waals surface area contributed by atoms with Crippen molar-refractivity contribution in [3.05, 3.63) is 64.4 Å². The Morgan fingerprint density at radius 3 is 2.75 bits per heavy atom. The Labute approximate surface area is 123 Å². The molecule has 2 N–H and O–H groups in total. The van der Waals surface area contributed by atoms with Crippen LogP contribution in [0.5, 0.6) is 0 Å². The van der Waals surface area contributed by atoms with Crippen molar-refractivity contribution in [2.45, 2.75) is 13.0 Å². The van der Waals surface area contributed by atoms with Gasteiger partial charge in [-0.3, -0.25) is 0 Å². The minimum absolute atomic E-state index is 0.543. The number of benzene rings is 2. The highest BCUT2D eigenvalue weighted by atomic mass is 35.5. The smallest absolute Gasteiger partial charge is 0.114 e. The molecule has 0 saturated heterocycles. The lowest BCUT2D eigenvalue weighted by Gasteiger charge is -2.05. The zero-order valence-electron chi connectivity index (χ0n) is 11.3. The fourth-order valence-corrected chi connectivity index (χ4v) is 2.59. The molecule has 20 heavy (non-hydrogen) atoms. The maximum Gasteiger partial charge on any atom is 0.114 e. The predicted octanol–water partition coefficient (Wildman–Crippen LogP) is 3.28. The number of halogens is 1. The molecule has 1 heterocycles. The topological polar surface area (TPSA) is 43.8 Å². The van der Waals surface area contributed by atoms with E-state index in [1.807, 2.05) is 43.4 Å². The number of nitrogens with two attached hydrogens (primary N) is 1. The van der Waals surface area contributed by atoms with E-state index >= 15 is 0 Å². The van der Waals surface area contributed by atoms with Gasteiger partial charge in [0.2, 0.25) is 0 Å². The zero-order chi connectivity index (χ0) is 14.1. The van der Waals surface area contributed by atoms with E-state index in [2.05, 4.69) is 15.6 Å². The van der Waals surface area contributed by atoms with Gasteiger partial charge in [0.05, 0.1) is 11.0 Å². The molecular formula is C16H16ClN3. The summed E-state index contributed by atoms with van der Waals surface area (Å²) in [5.41, 5.74) is 10.00. The number of hydrogen-bond donors (Lipinski definition) is 1. The number of imidazole rings is 1. The quantitative estimate of drug-likeness (QED) is 0.802. The van der Waals surface area contributed by atoms with Gasteiger partial charge in [0.15, 0.2) is 0 Å². The second kappa shape index (κ2) is 5.27. The lowest BCUT2D eigenvalue weighted by Crippen LogP contribution is -2.00. The Morgan fingerprint density at radius 2 is 2.00 bits per heavy atom. The first kappa shape index (κ1) is 13.2. The average molecular weight is 286 g/mol. The summed E-state index contributed by atoms with van der Waals surface area (Å²) >= 11 is 6.22. The minimum atomic E-state index is 0.543. The van der Waals surface area contributed by atoms with Gasteiger partial charge in [-0.05, 0) is 29.3 Å². The van der Waals surface area contributed by atoms with Crippen molar-refractivity contribution in [1.82, 2.24) is 9.55 Å². The third-order valence-electron chi connectivity index (χ3n) is 3.58. The summed E-state index contributed by atoms with van der Waals surface area (Å²) in [5, 5.41) is 0.780. The Kier molecular flexibility index (Phi) is 3.47. The van der Waals surface area contributed by atoms with Crippen LogP contribution in [0.15, 0.2) is 42.5 Å². The van der Waals surface area contributed by atoms with E-state index in [9.17, 15) is 0 Å². The normalized spacial score (nSPS) is 11.2. The maximum atomic E-state index is 6.22. The average Bonchev–Trinajstić information content (AvgIpc) is 2.77. The number of aromatic nitrogens is 2. The highest BCUT2D eigenvalue weighted by molar-refractivity contribution is 6.31. The van der Waals surface area contributed by atoms with Crippen molar-refractivity contribution in [1.29, 1.82) is 0 Å². The van der Waals surface area contributed by atoms with E-state index in [1.54, 1.807) is 0 Å². The summed E-state index contributed by atoms with van der Waals surface area (Å²) in [4.78, 5) is 4.69. The molecule has 4 heteroatoms. The van der Waals surface area contributed by atoms with E-state index < -0.39 is 0 Å². The van der Waals surface area contributed by atoms with Crippen molar-refractivity contribution < 1.29 is 0 Å². The van der Waals surface area contributed by atoms with Crippen LogP contribution in [-0.2, 0) is 20.0 Å². The maximum absolute atomic E-state index is 6.22. The molecule has 0 atom stereocenters. The number of aryl methyl sites for hydroxylation is 1. The molecule has 0 radical (unpaired) electrons. The largest absolute Gasteiger partial charge is 0.331 e. The van der Waals surface area contributed by atoms with Gasteiger partial charge >= 0.3 is 0 Å². The van der Waals surface area contributed by atoms with E-state index in [1.165, 1.54) is 0 Å². The van der Waals surface area contributed by atoms with Crippen LogP contribution in [0, 0.1) is 0 Å². The lowest BCUT2D eigenvalue weighted by atomic mass is 10.1. The van der Waals surface area contributed by atoms with E-state index in [0.29, 0.717) is 6.54 Å². The third kappa shape index (κ3) is 2.30. The minimum Gasteiger partial charge on any atom is -0.331 e. The van der Waals surface area contributed by atoms with Gasteiger partial charge in [-0.25, -0.2) is 4.98 Å². The summed E-state index contributed by atoms with van der Waals surface area (Å²) < 4.78 is 2.11. The first-order chi connectivity index (χ1) is 9.69. The van der Waals surface area contributed by atoms with Crippen LogP contribution in [0.3, 0.4) is 0 Å². The van der Waals surface area contributed by atoms with Crippen molar-refractivity contribution >= 4 is 22.6 Å². The Morgan fingerprint density at radius 1 is 1.20 bits per heavy atom. The fraction of sp³-hybridized carbons (Fsp3) is 0.188. The molecule has 0 aliphatic heterocycles. The SMILES string of the molecule is Cn1c(Cc2ccccc2Cl)nc2ccc(CN)cc21. The van der Waals surface area contributed by atoms with Gasteiger partial charge in [-0.2, -0.15) is 0 Å². The molecule has 3 rings (SSSR count). The van der Waals surface area contributed by atoms with E-state index in [4.69, 9.17) is 17.3 Å². The van der Waals surface area contributed by atoms with Gasteiger partial charge in [-0.15, -0.1) is 0 Å². The Hall–Kier alpha value is -1.84. The summed E-state index contributed by atoms with van der Waals surface area (Å²) in [6.45, 7) is 0.543. The second-order valence-corrected chi connectivity index (χ2v) is 5.29. The number of hydrogen-bond acceptors (Lipinski definition) is 2. The standard InChI is InChI=1S/C16H16ClN3/c1-20-15-8-11(10-18)6-7-14(15)19-16(20)9-12-4-2-3-5-13(12)17/h2-8H,9-10,18H2,1H3. The fourth-order valence-electron chi connectivity index (χ4n) is 2.38. The molecule has 0 saturated carbocycles. The third-order valence-corrected chi connectivity index (χ3v) is 3.95. The van der Waals surface area contributed by atoms with Gasteiger partial charge in [0.25, 0.3) is 0 Å². The van der Waals surface area contributed by atoms with E-state index in [0.717, 1.165) is 39.4 Å². The van der Waals surface area contributed by atoms with Gasteiger partial charge in [0, 0.05) is 25.0 Å². The molecule has 1 aromatic heterocycles. The first-order valence-corrected chi connectivity index (χ1v) is 6.94. The monoisotopic (exact) mass is 285 g/mol. The molecule has 2 aromatic carbocycles.